The molecule has 0 radical (unpaired) electrons. The SMILES string of the molecule is CCc1ccc(-c2csc(NC(=O)CSc3nnc(-c4ccncc4)o3)n2)cc1. The van der Waals surface area contributed by atoms with Gasteiger partial charge in [-0.1, -0.05) is 43.0 Å². The van der Waals surface area contributed by atoms with Gasteiger partial charge >= 0.3 is 0 Å². The Labute approximate surface area is 175 Å². The number of aryl methyl sites for hydroxylation is 1. The molecule has 0 aliphatic carbocycles. The van der Waals surface area contributed by atoms with Gasteiger partial charge < -0.3 is 9.73 Å². The first-order valence-corrected chi connectivity index (χ1v) is 10.8. The van der Waals surface area contributed by atoms with E-state index in [1.807, 2.05) is 17.5 Å². The van der Waals surface area contributed by atoms with Crippen LogP contribution in [0.2, 0.25) is 0 Å². The molecule has 7 nitrogen and oxygen atoms in total. The first-order valence-electron chi connectivity index (χ1n) is 8.92. The van der Waals surface area contributed by atoms with Crippen LogP contribution in [0.25, 0.3) is 22.7 Å². The largest absolute Gasteiger partial charge is 0.411 e. The molecule has 4 aromatic rings. The summed E-state index contributed by atoms with van der Waals surface area (Å²) in [6.45, 7) is 2.12. The van der Waals surface area contributed by atoms with Gasteiger partial charge in [0.25, 0.3) is 5.22 Å². The van der Waals surface area contributed by atoms with Gasteiger partial charge in [-0.2, -0.15) is 0 Å². The van der Waals surface area contributed by atoms with E-state index in [4.69, 9.17) is 4.42 Å². The summed E-state index contributed by atoms with van der Waals surface area (Å²) in [4.78, 5) is 20.7. The van der Waals surface area contributed by atoms with Gasteiger partial charge in [-0.05, 0) is 24.1 Å². The van der Waals surface area contributed by atoms with E-state index in [0.717, 1.165) is 23.2 Å². The van der Waals surface area contributed by atoms with Crippen molar-refractivity contribution in [2.24, 2.45) is 0 Å². The maximum atomic E-state index is 12.2. The van der Waals surface area contributed by atoms with Crippen LogP contribution in [0.5, 0.6) is 0 Å². The number of carbonyl (C=O) groups is 1. The lowest BCUT2D eigenvalue weighted by atomic mass is 10.1. The van der Waals surface area contributed by atoms with E-state index in [2.05, 4.69) is 44.5 Å². The second-order valence-corrected chi connectivity index (χ2v) is 7.82. The van der Waals surface area contributed by atoms with E-state index < -0.39 is 0 Å². The molecule has 1 aromatic carbocycles. The lowest BCUT2D eigenvalue weighted by Crippen LogP contribution is -2.13. The molecule has 4 rings (SSSR count). The molecule has 0 aliphatic heterocycles. The van der Waals surface area contributed by atoms with Crippen molar-refractivity contribution in [2.45, 2.75) is 18.6 Å². The molecule has 0 aliphatic rings. The Balaban J connectivity index is 1.32. The molecular formula is C20H17N5O2S2. The summed E-state index contributed by atoms with van der Waals surface area (Å²) in [6, 6.07) is 11.8. The topological polar surface area (TPSA) is 93.8 Å². The molecule has 0 unspecified atom stereocenters. The number of nitrogens with one attached hydrogen (secondary N) is 1. The number of thiazole rings is 1. The first-order chi connectivity index (χ1) is 14.2. The minimum atomic E-state index is -0.180. The van der Waals surface area contributed by atoms with Gasteiger partial charge in [0.1, 0.15) is 0 Å². The average molecular weight is 424 g/mol. The van der Waals surface area contributed by atoms with Crippen molar-refractivity contribution in [1.29, 1.82) is 0 Å². The fourth-order valence-corrected chi connectivity index (χ4v) is 3.84. The van der Waals surface area contributed by atoms with Crippen LogP contribution in [0, 0.1) is 0 Å². The molecule has 1 amide bonds. The minimum Gasteiger partial charge on any atom is -0.411 e. The van der Waals surface area contributed by atoms with Crippen molar-refractivity contribution in [2.75, 3.05) is 11.1 Å². The number of hydrogen-bond acceptors (Lipinski definition) is 8. The van der Waals surface area contributed by atoms with Crippen molar-refractivity contribution in [3.63, 3.8) is 0 Å². The number of rotatable bonds is 7. The number of anilines is 1. The number of benzene rings is 1. The van der Waals surface area contributed by atoms with E-state index in [-0.39, 0.29) is 11.7 Å². The van der Waals surface area contributed by atoms with Crippen molar-refractivity contribution >= 4 is 34.1 Å². The Bertz CT molecular complexity index is 1090. The van der Waals surface area contributed by atoms with Crippen molar-refractivity contribution in [3.05, 3.63) is 59.7 Å². The van der Waals surface area contributed by atoms with E-state index >= 15 is 0 Å². The number of hydrogen-bond donors (Lipinski definition) is 1. The Morgan fingerprint density at radius 3 is 2.66 bits per heavy atom. The Morgan fingerprint density at radius 1 is 1.10 bits per heavy atom. The second kappa shape index (κ2) is 8.97. The van der Waals surface area contributed by atoms with Gasteiger partial charge in [0, 0.05) is 28.9 Å². The molecule has 146 valence electrons. The monoisotopic (exact) mass is 423 g/mol. The molecule has 3 heterocycles. The summed E-state index contributed by atoms with van der Waals surface area (Å²) in [7, 11) is 0. The lowest BCUT2D eigenvalue weighted by Gasteiger charge is -2.00. The van der Waals surface area contributed by atoms with Crippen LogP contribution in [0.4, 0.5) is 5.13 Å². The molecule has 0 bridgehead atoms. The molecule has 0 spiro atoms. The third-order valence-corrected chi connectivity index (χ3v) is 5.65. The lowest BCUT2D eigenvalue weighted by molar-refractivity contribution is -0.113. The van der Waals surface area contributed by atoms with Gasteiger partial charge in [0.15, 0.2) is 5.13 Å². The van der Waals surface area contributed by atoms with Gasteiger partial charge in [0.2, 0.25) is 11.8 Å². The number of carbonyl (C=O) groups excluding carboxylic acids is 1. The van der Waals surface area contributed by atoms with E-state index in [0.29, 0.717) is 16.2 Å². The second-order valence-electron chi connectivity index (χ2n) is 6.03. The average Bonchev–Trinajstić information content (AvgIpc) is 3.43. The molecule has 29 heavy (non-hydrogen) atoms. The smallest absolute Gasteiger partial charge is 0.277 e. The zero-order chi connectivity index (χ0) is 20.1. The predicted molar refractivity (Wildman–Crippen MR) is 114 cm³/mol. The van der Waals surface area contributed by atoms with Gasteiger partial charge in [0.05, 0.1) is 11.4 Å². The van der Waals surface area contributed by atoms with Gasteiger partial charge in [-0.15, -0.1) is 21.5 Å². The van der Waals surface area contributed by atoms with Crippen molar-refractivity contribution in [3.8, 4) is 22.7 Å². The quantitative estimate of drug-likeness (QED) is 0.436. The standard InChI is InChI=1S/C20H17N5O2S2/c1-2-13-3-5-14(6-4-13)16-11-28-19(22-16)23-17(26)12-29-20-25-24-18(27-20)15-7-9-21-10-8-15/h3-11H,2,12H2,1H3,(H,22,23,26). The third kappa shape index (κ3) is 4.87. The zero-order valence-corrected chi connectivity index (χ0v) is 17.2. The molecule has 1 N–H and O–H groups in total. The maximum Gasteiger partial charge on any atom is 0.277 e. The third-order valence-electron chi connectivity index (χ3n) is 4.07. The van der Waals surface area contributed by atoms with E-state index in [9.17, 15) is 4.79 Å². The van der Waals surface area contributed by atoms with Crippen LogP contribution in [0.1, 0.15) is 12.5 Å². The van der Waals surface area contributed by atoms with Crippen LogP contribution >= 0.6 is 23.1 Å². The molecule has 0 saturated carbocycles. The van der Waals surface area contributed by atoms with Crippen LogP contribution in [0.15, 0.2) is 63.8 Å². The summed E-state index contributed by atoms with van der Waals surface area (Å²) < 4.78 is 5.57. The molecule has 3 aromatic heterocycles. The number of thioether (sulfide) groups is 1. The fraction of sp³-hybridized carbons (Fsp3) is 0.150. The minimum absolute atomic E-state index is 0.151. The Morgan fingerprint density at radius 2 is 1.90 bits per heavy atom. The number of nitrogens with zero attached hydrogens (tertiary/aromatic N) is 4. The Hall–Kier alpha value is -3.04. The highest BCUT2D eigenvalue weighted by atomic mass is 32.2. The van der Waals surface area contributed by atoms with E-state index in [1.54, 1.807) is 24.5 Å². The summed E-state index contributed by atoms with van der Waals surface area (Å²) in [5.74, 6) is 0.368. The van der Waals surface area contributed by atoms with Crippen LogP contribution in [-0.2, 0) is 11.2 Å². The molecule has 9 heteroatoms. The molecule has 0 saturated heterocycles. The van der Waals surface area contributed by atoms with Crippen LogP contribution in [0.3, 0.4) is 0 Å². The number of pyridine rings is 1. The normalized spacial score (nSPS) is 10.8. The van der Waals surface area contributed by atoms with Crippen LogP contribution in [-0.4, -0.2) is 31.8 Å². The molecular weight excluding hydrogens is 406 g/mol. The molecule has 0 fully saturated rings. The first kappa shape index (κ1) is 19.3. The fourth-order valence-electron chi connectivity index (χ4n) is 2.54. The van der Waals surface area contributed by atoms with Gasteiger partial charge in [-0.25, -0.2) is 4.98 Å². The summed E-state index contributed by atoms with van der Waals surface area (Å²) in [5.41, 5.74) is 3.94. The highest BCUT2D eigenvalue weighted by Crippen LogP contribution is 2.26. The van der Waals surface area contributed by atoms with E-state index in [1.165, 1.54) is 28.7 Å². The molecule has 0 atom stereocenters. The summed E-state index contributed by atoms with van der Waals surface area (Å²) in [6.07, 6.45) is 4.31. The highest BCUT2D eigenvalue weighted by molar-refractivity contribution is 7.99. The van der Waals surface area contributed by atoms with Gasteiger partial charge in [-0.3, -0.25) is 9.78 Å². The predicted octanol–water partition coefficient (Wildman–Crippen LogP) is 4.55. The zero-order valence-electron chi connectivity index (χ0n) is 15.5. The Kier molecular flexibility index (Phi) is 5.97. The van der Waals surface area contributed by atoms with Crippen molar-refractivity contribution in [1.82, 2.24) is 20.2 Å². The van der Waals surface area contributed by atoms with Crippen molar-refractivity contribution < 1.29 is 9.21 Å². The number of amides is 1. The maximum absolute atomic E-state index is 12.2. The number of aromatic nitrogens is 4. The highest BCUT2D eigenvalue weighted by Gasteiger charge is 2.13. The van der Waals surface area contributed by atoms with Crippen LogP contribution < -0.4 is 5.32 Å². The summed E-state index contributed by atoms with van der Waals surface area (Å²) in [5, 5.41) is 13.6. The summed E-state index contributed by atoms with van der Waals surface area (Å²) >= 11 is 2.58.